The first-order valence-corrected chi connectivity index (χ1v) is 8.67. The lowest BCUT2D eigenvalue weighted by atomic mass is 10.1. The molecule has 2 aromatic rings. The second-order valence-electron chi connectivity index (χ2n) is 5.41. The molecule has 0 aliphatic carbocycles. The molecule has 1 amide bonds. The molecule has 0 radical (unpaired) electrons. The summed E-state index contributed by atoms with van der Waals surface area (Å²) in [7, 11) is 0. The molecule has 1 aliphatic rings. The van der Waals surface area contributed by atoms with Gasteiger partial charge in [-0.05, 0) is 25.5 Å². The number of hydrogen-bond donors (Lipinski definition) is 2. The Labute approximate surface area is 138 Å². The van der Waals surface area contributed by atoms with Crippen LogP contribution in [0.4, 0.5) is 0 Å². The lowest BCUT2D eigenvalue weighted by Crippen LogP contribution is -2.46. The van der Waals surface area contributed by atoms with Crippen LogP contribution in [0.3, 0.4) is 0 Å². The Morgan fingerprint density at radius 3 is 3.09 bits per heavy atom. The molecule has 3 rings (SSSR count). The van der Waals surface area contributed by atoms with Crippen LogP contribution in [0.15, 0.2) is 29.6 Å². The van der Waals surface area contributed by atoms with E-state index in [9.17, 15) is 4.79 Å². The minimum atomic E-state index is 0.0321. The molecule has 22 heavy (non-hydrogen) atoms. The third-order valence-corrected chi connectivity index (χ3v) is 4.91. The van der Waals surface area contributed by atoms with Gasteiger partial charge in [-0.25, -0.2) is 4.98 Å². The van der Waals surface area contributed by atoms with Gasteiger partial charge >= 0.3 is 0 Å². The number of benzene rings is 1. The van der Waals surface area contributed by atoms with E-state index in [-0.39, 0.29) is 11.9 Å². The molecule has 1 aromatic heterocycles. The summed E-state index contributed by atoms with van der Waals surface area (Å²) in [6, 6.07) is 7.86. The molecule has 4 nitrogen and oxygen atoms in total. The van der Waals surface area contributed by atoms with Crippen molar-refractivity contribution in [1.82, 2.24) is 15.6 Å². The van der Waals surface area contributed by atoms with E-state index >= 15 is 0 Å². The van der Waals surface area contributed by atoms with E-state index in [0.717, 1.165) is 42.2 Å². The molecule has 0 saturated carbocycles. The Morgan fingerprint density at radius 1 is 1.45 bits per heavy atom. The summed E-state index contributed by atoms with van der Waals surface area (Å²) in [4.78, 5) is 16.6. The summed E-state index contributed by atoms with van der Waals surface area (Å²) in [5.41, 5.74) is 1.71. The number of aromatic nitrogens is 1. The molecule has 6 heteroatoms. The number of carbonyl (C=O) groups excluding carboxylic acids is 1. The van der Waals surface area contributed by atoms with Crippen LogP contribution in [0, 0.1) is 0 Å². The van der Waals surface area contributed by atoms with Crippen LogP contribution in [0.5, 0.6) is 0 Å². The summed E-state index contributed by atoms with van der Waals surface area (Å²) < 4.78 is 0. The van der Waals surface area contributed by atoms with Gasteiger partial charge in [0.15, 0.2) is 0 Å². The van der Waals surface area contributed by atoms with E-state index in [0.29, 0.717) is 11.4 Å². The van der Waals surface area contributed by atoms with Crippen molar-refractivity contribution in [3.05, 3.63) is 40.4 Å². The van der Waals surface area contributed by atoms with E-state index < -0.39 is 0 Å². The van der Waals surface area contributed by atoms with Gasteiger partial charge in [0.1, 0.15) is 5.01 Å². The van der Waals surface area contributed by atoms with Crippen molar-refractivity contribution in [2.24, 2.45) is 0 Å². The first kappa shape index (κ1) is 15.5. The van der Waals surface area contributed by atoms with Gasteiger partial charge in [-0.3, -0.25) is 4.79 Å². The first-order chi connectivity index (χ1) is 10.7. The van der Waals surface area contributed by atoms with Crippen LogP contribution < -0.4 is 10.6 Å². The van der Waals surface area contributed by atoms with Crippen molar-refractivity contribution in [2.75, 3.05) is 13.1 Å². The smallest absolute Gasteiger partial charge is 0.226 e. The Bertz CT molecular complexity index is 652. The molecule has 1 fully saturated rings. The number of thiazole rings is 1. The van der Waals surface area contributed by atoms with Gasteiger partial charge < -0.3 is 10.6 Å². The molecule has 2 N–H and O–H groups in total. The predicted molar refractivity (Wildman–Crippen MR) is 90.3 cm³/mol. The molecule has 1 aliphatic heterocycles. The van der Waals surface area contributed by atoms with Gasteiger partial charge in [-0.15, -0.1) is 11.3 Å². The minimum Gasteiger partial charge on any atom is -0.352 e. The summed E-state index contributed by atoms with van der Waals surface area (Å²) >= 11 is 7.70. The average Bonchev–Trinajstić information content (AvgIpc) is 2.97. The fourth-order valence-corrected chi connectivity index (χ4v) is 3.70. The number of piperidine rings is 1. The number of halogens is 1. The Balaban J connectivity index is 1.62. The van der Waals surface area contributed by atoms with E-state index in [4.69, 9.17) is 11.6 Å². The molecule has 1 saturated heterocycles. The van der Waals surface area contributed by atoms with Gasteiger partial charge in [0, 0.05) is 23.5 Å². The van der Waals surface area contributed by atoms with E-state index in [1.54, 1.807) is 0 Å². The lowest BCUT2D eigenvalue weighted by Gasteiger charge is -2.23. The zero-order valence-electron chi connectivity index (χ0n) is 12.1. The third kappa shape index (κ3) is 3.85. The van der Waals surface area contributed by atoms with E-state index in [2.05, 4.69) is 15.6 Å². The highest BCUT2D eigenvalue weighted by molar-refractivity contribution is 7.13. The summed E-state index contributed by atoms with van der Waals surface area (Å²) in [6.07, 6.45) is 2.47. The lowest BCUT2D eigenvalue weighted by molar-refractivity contribution is -0.121. The van der Waals surface area contributed by atoms with Crippen molar-refractivity contribution < 1.29 is 4.79 Å². The van der Waals surface area contributed by atoms with Crippen LogP contribution in [0.1, 0.15) is 18.5 Å². The normalized spacial score (nSPS) is 18.1. The second-order valence-corrected chi connectivity index (χ2v) is 6.68. The van der Waals surface area contributed by atoms with Gasteiger partial charge in [-0.2, -0.15) is 0 Å². The maximum absolute atomic E-state index is 12.1. The summed E-state index contributed by atoms with van der Waals surface area (Å²) in [5.74, 6) is 0.0321. The number of nitrogens with one attached hydrogen (secondary N) is 2. The summed E-state index contributed by atoms with van der Waals surface area (Å²) in [6.45, 7) is 1.90. The summed E-state index contributed by atoms with van der Waals surface area (Å²) in [5, 5.41) is 9.82. The highest BCUT2D eigenvalue weighted by Crippen LogP contribution is 2.30. The third-order valence-electron chi connectivity index (χ3n) is 3.66. The molecule has 1 unspecified atom stereocenters. The van der Waals surface area contributed by atoms with Crippen molar-refractivity contribution in [3.63, 3.8) is 0 Å². The molecule has 116 valence electrons. The predicted octanol–water partition coefficient (Wildman–Crippen LogP) is 2.87. The SMILES string of the molecule is O=C(Cc1csc(-c2ccccc2Cl)n1)NC1CCCNC1. The van der Waals surface area contributed by atoms with Crippen LogP contribution >= 0.6 is 22.9 Å². The van der Waals surface area contributed by atoms with E-state index in [1.165, 1.54) is 11.3 Å². The molecular weight excluding hydrogens is 318 g/mol. The zero-order valence-corrected chi connectivity index (χ0v) is 13.7. The number of nitrogens with zero attached hydrogens (tertiary/aromatic N) is 1. The van der Waals surface area contributed by atoms with Crippen LogP contribution in [-0.2, 0) is 11.2 Å². The first-order valence-electron chi connectivity index (χ1n) is 7.42. The number of hydrogen-bond acceptors (Lipinski definition) is 4. The van der Waals surface area contributed by atoms with Crippen LogP contribution in [0.25, 0.3) is 10.6 Å². The van der Waals surface area contributed by atoms with Gasteiger partial charge in [0.05, 0.1) is 17.1 Å². The Hall–Kier alpha value is -1.43. The average molecular weight is 336 g/mol. The molecule has 1 aromatic carbocycles. The molecule has 0 bridgehead atoms. The maximum Gasteiger partial charge on any atom is 0.226 e. The Kier molecular flexibility index (Phi) is 5.08. The van der Waals surface area contributed by atoms with Crippen molar-refractivity contribution in [3.8, 4) is 10.6 Å². The van der Waals surface area contributed by atoms with Crippen LogP contribution in [0.2, 0.25) is 5.02 Å². The molecule has 2 heterocycles. The van der Waals surface area contributed by atoms with Crippen molar-refractivity contribution in [1.29, 1.82) is 0 Å². The highest BCUT2D eigenvalue weighted by atomic mass is 35.5. The van der Waals surface area contributed by atoms with E-state index in [1.807, 2.05) is 29.6 Å². The number of amides is 1. The second kappa shape index (κ2) is 7.22. The van der Waals surface area contributed by atoms with Gasteiger partial charge in [-0.1, -0.05) is 29.8 Å². The van der Waals surface area contributed by atoms with Gasteiger partial charge in [0.25, 0.3) is 0 Å². The van der Waals surface area contributed by atoms with Crippen LogP contribution in [-0.4, -0.2) is 30.0 Å². The monoisotopic (exact) mass is 335 g/mol. The van der Waals surface area contributed by atoms with Crippen molar-refractivity contribution in [2.45, 2.75) is 25.3 Å². The van der Waals surface area contributed by atoms with Gasteiger partial charge in [0.2, 0.25) is 5.91 Å². The number of carbonyl (C=O) groups is 1. The number of rotatable bonds is 4. The highest BCUT2D eigenvalue weighted by Gasteiger charge is 2.16. The molecular formula is C16H18ClN3OS. The topological polar surface area (TPSA) is 54.0 Å². The minimum absolute atomic E-state index is 0.0321. The molecule has 1 atom stereocenters. The standard InChI is InChI=1S/C16H18ClN3OS/c17-14-6-2-1-5-13(14)16-20-12(10-22-16)8-15(21)19-11-4-3-7-18-9-11/h1-2,5-6,10-11,18H,3-4,7-9H2,(H,19,21). The Morgan fingerprint density at radius 2 is 2.32 bits per heavy atom. The molecule has 0 spiro atoms. The fourth-order valence-electron chi connectivity index (χ4n) is 2.56. The quantitative estimate of drug-likeness (QED) is 0.903. The van der Waals surface area contributed by atoms with Crippen molar-refractivity contribution >= 4 is 28.8 Å². The fraction of sp³-hybridized carbons (Fsp3) is 0.375. The maximum atomic E-state index is 12.1. The zero-order chi connectivity index (χ0) is 15.4. The largest absolute Gasteiger partial charge is 0.352 e.